The van der Waals surface area contributed by atoms with Crippen molar-refractivity contribution in [3.8, 4) is 5.75 Å². The maximum Gasteiger partial charge on any atom is 0.200 e. The zero-order chi connectivity index (χ0) is 15.1. The van der Waals surface area contributed by atoms with Crippen LogP contribution < -0.4 is 10.2 Å². The second kappa shape index (κ2) is 5.16. The summed E-state index contributed by atoms with van der Waals surface area (Å²) in [6.07, 6.45) is 4.81. The number of rotatable bonds is 2. The van der Waals surface area contributed by atoms with E-state index in [0.29, 0.717) is 27.7 Å². The first-order valence-electron chi connectivity index (χ1n) is 7.86. The van der Waals surface area contributed by atoms with Crippen molar-refractivity contribution in [3.63, 3.8) is 0 Å². The molecule has 112 valence electrons. The van der Waals surface area contributed by atoms with Crippen LogP contribution in [0.15, 0.2) is 45.6 Å². The summed E-state index contributed by atoms with van der Waals surface area (Å²) in [5.41, 5.74) is 2.14. The van der Waals surface area contributed by atoms with Crippen LogP contribution in [0, 0.1) is 6.92 Å². The Labute approximate surface area is 128 Å². The molecule has 0 unspecified atom stereocenters. The summed E-state index contributed by atoms with van der Waals surface area (Å²) < 4.78 is 12.1. The number of ether oxygens (including phenoxy) is 1. The molecule has 1 aliphatic rings. The highest BCUT2D eigenvalue weighted by Gasteiger charge is 2.20. The Morgan fingerprint density at radius 2 is 1.86 bits per heavy atom. The van der Waals surface area contributed by atoms with Crippen molar-refractivity contribution in [1.29, 1.82) is 0 Å². The van der Waals surface area contributed by atoms with E-state index in [1.54, 1.807) is 0 Å². The van der Waals surface area contributed by atoms with Gasteiger partial charge in [-0.15, -0.1) is 0 Å². The molecule has 0 spiro atoms. The lowest BCUT2D eigenvalue weighted by Crippen LogP contribution is -2.12. The monoisotopic (exact) mass is 294 g/mol. The molecule has 3 aromatic rings. The zero-order valence-electron chi connectivity index (χ0n) is 12.6. The molecular weight excluding hydrogens is 276 g/mol. The molecule has 0 atom stereocenters. The van der Waals surface area contributed by atoms with Gasteiger partial charge < -0.3 is 9.15 Å². The SMILES string of the molecule is Cc1ccc(OC2CCCC2)c2oc3ccccc3c(=O)c12. The molecule has 0 N–H and O–H groups in total. The maximum absolute atomic E-state index is 12.8. The smallest absolute Gasteiger partial charge is 0.200 e. The molecule has 1 aromatic heterocycles. The third-order valence-electron chi connectivity index (χ3n) is 4.50. The van der Waals surface area contributed by atoms with Crippen LogP contribution in [0.5, 0.6) is 5.75 Å². The van der Waals surface area contributed by atoms with E-state index >= 15 is 0 Å². The fourth-order valence-corrected chi connectivity index (χ4v) is 3.31. The molecule has 0 aliphatic heterocycles. The van der Waals surface area contributed by atoms with Crippen LogP contribution in [0.4, 0.5) is 0 Å². The number of fused-ring (bicyclic) bond motifs is 2. The molecule has 1 heterocycles. The molecule has 22 heavy (non-hydrogen) atoms. The van der Waals surface area contributed by atoms with E-state index in [1.165, 1.54) is 12.8 Å². The predicted octanol–water partition coefficient (Wildman–Crippen LogP) is 4.58. The minimum absolute atomic E-state index is 0.0196. The van der Waals surface area contributed by atoms with Gasteiger partial charge in [0.25, 0.3) is 0 Å². The van der Waals surface area contributed by atoms with E-state index in [-0.39, 0.29) is 11.5 Å². The Morgan fingerprint density at radius 1 is 1.09 bits per heavy atom. The Kier molecular flexibility index (Phi) is 3.14. The molecule has 3 nitrogen and oxygen atoms in total. The lowest BCUT2D eigenvalue weighted by molar-refractivity contribution is 0.210. The molecule has 0 amide bonds. The lowest BCUT2D eigenvalue weighted by atomic mass is 10.1. The highest BCUT2D eigenvalue weighted by atomic mass is 16.5. The van der Waals surface area contributed by atoms with Crippen molar-refractivity contribution in [3.05, 3.63) is 52.2 Å². The quantitative estimate of drug-likeness (QED) is 0.650. The molecule has 0 bridgehead atoms. The average molecular weight is 294 g/mol. The van der Waals surface area contributed by atoms with Crippen molar-refractivity contribution in [2.75, 3.05) is 0 Å². The molecule has 4 rings (SSSR count). The summed E-state index contributed by atoms with van der Waals surface area (Å²) in [4.78, 5) is 12.8. The lowest BCUT2D eigenvalue weighted by Gasteiger charge is -2.15. The van der Waals surface area contributed by atoms with Gasteiger partial charge in [-0.1, -0.05) is 18.2 Å². The summed E-state index contributed by atoms with van der Waals surface area (Å²) in [5, 5.41) is 1.25. The Bertz CT molecular complexity index is 902. The summed E-state index contributed by atoms with van der Waals surface area (Å²) in [6, 6.07) is 11.2. The second-order valence-electron chi connectivity index (χ2n) is 6.04. The number of aryl methyl sites for hydroxylation is 1. The molecule has 0 radical (unpaired) electrons. The maximum atomic E-state index is 12.8. The van der Waals surface area contributed by atoms with Gasteiger partial charge in [-0.3, -0.25) is 4.79 Å². The summed E-state index contributed by atoms with van der Waals surface area (Å²) in [7, 11) is 0. The molecule has 2 aromatic carbocycles. The molecule has 0 saturated heterocycles. The van der Waals surface area contributed by atoms with Crippen molar-refractivity contribution in [2.45, 2.75) is 38.7 Å². The van der Waals surface area contributed by atoms with Gasteiger partial charge >= 0.3 is 0 Å². The van der Waals surface area contributed by atoms with Crippen LogP contribution in [0.1, 0.15) is 31.2 Å². The van der Waals surface area contributed by atoms with Gasteiger partial charge in [-0.25, -0.2) is 0 Å². The fourth-order valence-electron chi connectivity index (χ4n) is 3.31. The molecule has 1 saturated carbocycles. The van der Waals surface area contributed by atoms with E-state index in [1.807, 2.05) is 43.3 Å². The number of hydrogen-bond donors (Lipinski definition) is 0. The van der Waals surface area contributed by atoms with Gasteiger partial charge in [0.05, 0.1) is 16.9 Å². The van der Waals surface area contributed by atoms with Crippen LogP contribution >= 0.6 is 0 Å². The van der Waals surface area contributed by atoms with Crippen LogP contribution in [0.25, 0.3) is 21.9 Å². The van der Waals surface area contributed by atoms with Gasteiger partial charge in [0.1, 0.15) is 5.58 Å². The highest BCUT2D eigenvalue weighted by Crippen LogP contribution is 2.32. The number of para-hydroxylation sites is 1. The predicted molar refractivity (Wildman–Crippen MR) is 87.6 cm³/mol. The molecular formula is C19H18O3. The first kappa shape index (κ1) is 13.4. The number of benzene rings is 2. The van der Waals surface area contributed by atoms with Gasteiger partial charge in [-0.05, 0) is 56.4 Å². The van der Waals surface area contributed by atoms with Gasteiger partial charge in [-0.2, -0.15) is 0 Å². The average Bonchev–Trinajstić information content (AvgIpc) is 3.03. The summed E-state index contributed by atoms with van der Waals surface area (Å²) in [6.45, 7) is 1.94. The highest BCUT2D eigenvalue weighted by molar-refractivity contribution is 5.94. The molecule has 3 heteroatoms. The largest absolute Gasteiger partial charge is 0.486 e. The van der Waals surface area contributed by atoms with Crippen molar-refractivity contribution >= 4 is 21.9 Å². The normalized spacial score (nSPS) is 15.7. The summed E-state index contributed by atoms with van der Waals surface area (Å²) >= 11 is 0. The minimum Gasteiger partial charge on any atom is -0.486 e. The van der Waals surface area contributed by atoms with Crippen LogP contribution in [-0.2, 0) is 0 Å². The van der Waals surface area contributed by atoms with E-state index in [2.05, 4.69) is 0 Å². The van der Waals surface area contributed by atoms with E-state index in [9.17, 15) is 4.79 Å². The third kappa shape index (κ3) is 2.08. The Morgan fingerprint density at radius 3 is 2.68 bits per heavy atom. The topological polar surface area (TPSA) is 39.4 Å². The van der Waals surface area contributed by atoms with Crippen LogP contribution in [0.2, 0.25) is 0 Å². The van der Waals surface area contributed by atoms with Crippen molar-refractivity contribution in [2.24, 2.45) is 0 Å². The van der Waals surface area contributed by atoms with E-state index in [4.69, 9.17) is 9.15 Å². The Hall–Kier alpha value is -2.29. The fraction of sp³-hybridized carbons (Fsp3) is 0.316. The van der Waals surface area contributed by atoms with Crippen molar-refractivity contribution in [1.82, 2.24) is 0 Å². The Balaban J connectivity index is 1.98. The van der Waals surface area contributed by atoms with Crippen molar-refractivity contribution < 1.29 is 9.15 Å². The van der Waals surface area contributed by atoms with Crippen LogP contribution in [0.3, 0.4) is 0 Å². The van der Waals surface area contributed by atoms with Crippen LogP contribution in [-0.4, -0.2) is 6.10 Å². The standard InChI is InChI=1S/C19H18O3/c1-12-10-11-16(21-13-6-2-3-7-13)19-17(12)18(20)14-8-4-5-9-15(14)22-19/h4-5,8-11,13H,2-3,6-7H2,1H3. The summed E-state index contributed by atoms with van der Waals surface area (Å²) in [5.74, 6) is 0.690. The zero-order valence-corrected chi connectivity index (χ0v) is 12.6. The minimum atomic E-state index is 0.0196. The van der Waals surface area contributed by atoms with Gasteiger partial charge in [0.2, 0.25) is 5.43 Å². The van der Waals surface area contributed by atoms with Gasteiger partial charge in [0, 0.05) is 0 Å². The van der Waals surface area contributed by atoms with E-state index < -0.39 is 0 Å². The second-order valence-corrected chi connectivity index (χ2v) is 6.04. The molecule has 1 aliphatic carbocycles. The first-order valence-corrected chi connectivity index (χ1v) is 7.86. The van der Waals surface area contributed by atoms with E-state index in [0.717, 1.165) is 18.4 Å². The first-order chi connectivity index (χ1) is 10.7. The molecule has 1 fully saturated rings. The van der Waals surface area contributed by atoms with Gasteiger partial charge in [0.15, 0.2) is 11.3 Å². The number of hydrogen-bond acceptors (Lipinski definition) is 3. The third-order valence-corrected chi connectivity index (χ3v) is 4.50.